The van der Waals surface area contributed by atoms with E-state index in [0.717, 1.165) is 14.8 Å². The molecule has 0 atom stereocenters. The van der Waals surface area contributed by atoms with Crippen molar-refractivity contribution in [3.63, 3.8) is 0 Å². The summed E-state index contributed by atoms with van der Waals surface area (Å²) in [6.45, 7) is 3.15. The maximum absolute atomic E-state index is 12.3. The third-order valence-electron chi connectivity index (χ3n) is 3.39. The normalized spacial score (nSPS) is 14.7. The van der Waals surface area contributed by atoms with Crippen LogP contribution in [0, 0.1) is 10.5 Å². The van der Waals surface area contributed by atoms with Gasteiger partial charge in [-0.25, -0.2) is 4.98 Å². The lowest BCUT2D eigenvalue weighted by Crippen LogP contribution is -2.56. The van der Waals surface area contributed by atoms with E-state index in [9.17, 15) is 4.79 Å². The number of carbonyl (C=O) groups is 1. The second kappa shape index (κ2) is 6.01. The summed E-state index contributed by atoms with van der Waals surface area (Å²) in [4.78, 5) is 18.5. The summed E-state index contributed by atoms with van der Waals surface area (Å²) < 4.78 is 6.75. The topological polar surface area (TPSA) is 42.4 Å². The lowest BCUT2D eigenvalue weighted by Gasteiger charge is -2.38. The maximum Gasteiger partial charge on any atom is 0.255 e. The molecule has 0 saturated carbocycles. The predicted molar refractivity (Wildman–Crippen MR) is 88.5 cm³/mol. The number of ether oxygens (including phenoxy) is 1. The van der Waals surface area contributed by atoms with Crippen LogP contribution in [0.5, 0.6) is 5.88 Å². The van der Waals surface area contributed by atoms with Crippen LogP contribution in [0.3, 0.4) is 0 Å². The first-order chi connectivity index (χ1) is 10.1. The van der Waals surface area contributed by atoms with Crippen LogP contribution < -0.4 is 4.74 Å². The maximum atomic E-state index is 12.3. The summed E-state index contributed by atoms with van der Waals surface area (Å²) in [5, 5.41) is 0. The van der Waals surface area contributed by atoms with Crippen molar-refractivity contribution in [2.45, 2.75) is 13.0 Å². The van der Waals surface area contributed by atoms with Crippen LogP contribution in [-0.4, -0.2) is 35.0 Å². The van der Waals surface area contributed by atoms with Gasteiger partial charge in [0, 0.05) is 15.3 Å². The number of hydrogen-bond donors (Lipinski definition) is 0. The van der Waals surface area contributed by atoms with Crippen molar-refractivity contribution in [1.29, 1.82) is 0 Å². The van der Waals surface area contributed by atoms with Crippen LogP contribution in [0.1, 0.15) is 16.1 Å². The van der Waals surface area contributed by atoms with E-state index in [1.54, 1.807) is 4.90 Å². The molecule has 0 radical (unpaired) electrons. The second-order valence-corrected chi connectivity index (χ2v) is 6.21. The minimum atomic E-state index is 0.0321. The zero-order chi connectivity index (χ0) is 14.8. The SMILES string of the molecule is Cc1cccc(OC2CN(C(=O)c3ccccc3I)C2)n1. The molecule has 1 fully saturated rings. The van der Waals surface area contributed by atoms with Crippen LogP contribution in [0.4, 0.5) is 0 Å². The zero-order valence-electron chi connectivity index (χ0n) is 11.6. The van der Waals surface area contributed by atoms with E-state index >= 15 is 0 Å². The van der Waals surface area contributed by atoms with Gasteiger partial charge < -0.3 is 9.64 Å². The van der Waals surface area contributed by atoms with E-state index in [4.69, 9.17) is 4.74 Å². The summed E-state index contributed by atoms with van der Waals surface area (Å²) in [5.41, 5.74) is 1.68. The highest BCUT2D eigenvalue weighted by Gasteiger charge is 2.33. The zero-order valence-corrected chi connectivity index (χ0v) is 13.8. The Hall–Kier alpha value is -1.63. The first-order valence-electron chi connectivity index (χ1n) is 6.77. The van der Waals surface area contributed by atoms with Crippen LogP contribution in [0.25, 0.3) is 0 Å². The van der Waals surface area contributed by atoms with Crippen LogP contribution in [-0.2, 0) is 0 Å². The van der Waals surface area contributed by atoms with Gasteiger partial charge in [-0.2, -0.15) is 0 Å². The van der Waals surface area contributed by atoms with Crippen LogP contribution >= 0.6 is 22.6 Å². The van der Waals surface area contributed by atoms with E-state index in [1.165, 1.54) is 0 Å². The number of nitrogens with zero attached hydrogens (tertiary/aromatic N) is 2. The summed E-state index contributed by atoms with van der Waals surface area (Å²) in [6, 6.07) is 13.3. The minimum Gasteiger partial charge on any atom is -0.471 e. The average Bonchev–Trinajstić information content (AvgIpc) is 2.42. The van der Waals surface area contributed by atoms with Crippen LogP contribution in [0.15, 0.2) is 42.5 Å². The Labute approximate surface area is 137 Å². The van der Waals surface area contributed by atoms with E-state index in [1.807, 2.05) is 49.4 Å². The Morgan fingerprint density at radius 1 is 1.24 bits per heavy atom. The number of pyridine rings is 1. The van der Waals surface area contributed by atoms with Gasteiger partial charge in [0.15, 0.2) is 0 Å². The minimum absolute atomic E-state index is 0.0321. The molecular weight excluding hydrogens is 379 g/mol. The number of halogens is 1. The van der Waals surface area contributed by atoms with Gasteiger partial charge in [0.1, 0.15) is 6.10 Å². The van der Waals surface area contributed by atoms with E-state index < -0.39 is 0 Å². The molecule has 4 nitrogen and oxygen atoms in total. The fourth-order valence-corrected chi connectivity index (χ4v) is 2.86. The molecule has 0 spiro atoms. The van der Waals surface area contributed by atoms with Crippen LogP contribution in [0.2, 0.25) is 0 Å². The van der Waals surface area contributed by atoms with Crippen molar-refractivity contribution < 1.29 is 9.53 Å². The van der Waals surface area contributed by atoms with Gasteiger partial charge in [0.2, 0.25) is 5.88 Å². The van der Waals surface area contributed by atoms with Gasteiger partial charge in [0.05, 0.1) is 18.7 Å². The van der Waals surface area contributed by atoms with Gasteiger partial charge in [-0.3, -0.25) is 4.79 Å². The molecule has 0 N–H and O–H groups in total. The van der Waals surface area contributed by atoms with E-state index in [2.05, 4.69) is 27.6 Å². The smallest absolute Gasteiger partial charge is 0.255 e. The Morgan fingerprint density at radius 3 is 2.71 bits per heavy atom. The summed E-state index contributed by atoms with van der Waals surface area (Å²) >= 11 is 2.19. The standard InChI is InChI=1S/C16H15IN2O2/c1-11-5-4-8-15(18-11)21-12-9-19(10-12)16(20)13-6-2-3-7-14(13)17/h2-8,12H,9-10H2,1H3. The summed E-state index contributed by atoms with van der Waals surface area (Å²) in [5.74, 6) is 0.693. The van der Waals surface area contributed by atoms with Crippen molar-refractivity contribution in [3.8, 4) is 5.88 Å². The fourth-order valence-electron chi connectivity index (χ4n) is 2.24. The third kappa shape index (κ3) is 3.18. The molecule has 5 heteroatoms. The van der Waals surface area contributed by atoms with E-state index in [0.29, 0.717) is 19.0 Å². The molecule has 1 aliphatic rings. The monoisotopic (exact) mass is 394 g/mol. The largest absolute Gasteiger partial charge is 0.471 e. The van der Waals surface area contributed by atoms with Crippen molar-refractivity contribution in [2.75, 3.05) is 13.1 Å². The summed E-state index contributed by atoms with van der Waals surface area (Å²) in [7, 11) is 0. The van der Waals surface area contributed by atoms with Crippen molar-refractivity contribution >= 4 is 28.5 Å². The number of aromatic nitrogens is 1. The van der Waals surface area contributed by atoms with Gasteiger partial charge >= 0.3 is 0 Å². The first kappa shape index (κ1) is 14.3. The lowest BCUT2D eigenvalue weighted by atomic mass is 10.1. The van der Waals surface area contributed by atoms with Gasteiger partial charge in [-0.05, 0) is 47.7 Å². The highest BCUT2D eigenvalue weighted by molar-refractivity contribution is 14.1. The number of likely N-dealkylation sites (tertiary alicyclic amines) is 1. The van der Waals surface area contributed by atoms with E-state index in [-0.39, 0.29) is 12.0 Å². The Balaban J connectivity index is 1.59. The number of hydrogen-bond acceptors (Lipinski definition) is 3. The molecule has 2 heterocycles. The third-order valence-corrected chi connectivity index (χ3v) is 4.33. The molecule has 0 aliphatic carbocycles. The molecule has 3 rings (SSSR count). The molecular formula is C16H15IN2O2. The second-order valence-electron chi connectivity index (χ2n) is 5.05. The number of carbonyl (C=O) groups excluding carboxylic acids is 1. The molecule has 1 aromatic carbocycles. The van der Waals surface area contributed by atoms with Gasteiger partial charge in [-0.15, -0.1) is 0 Å². The molecule has 108 valence electrons. The predicted octanol–water partition coefficient (Wildman–Crippen LogP) is 2.90. The number of amides is 1. The molecule has 21 heavy (non-hydrogen) atoms. The van der Waals surface area contributed by atoms with Crippen molar-refractivity contribution in [1.82, 2.24) is 9.88 Å². The van der Waals surface area contributed by atoms with Gasteiger partial charge in [0.25, 0.3) is 5.91 Å². The highest BCUT2D eigenvalue weighted by atomic mass is 127. The Kier molecular flexibility index (Phi) is 4.10. The molecule has 2 aromatic rings. The van der Waals surface area contributed by atoms with Crippen molar-refractivity contribution in [2.24, 2.45) is 0 Å². The Bertz CT molecular complexity index is 669. The Morgan fingerprint density at radius 2 is 2.00 bits per heavy atom. The molecule has 0 unspecified atom stereocenters. The summed E-state index contributed by atoms with van der Waals surface area (Å²) in [6.07, 6.45) is 0.0321. The number of rotatable bonds is 3. The fraction of sp³-hybridized carbons (Fsp3) is 0.250. The average molecular weight is 394 g/mol. The highest BCUT2D eigenvalue weighted by Crippen LogP contribution is 2.21. The van der Waals surface area contributed by atoms with Gasteiger partial charge in [-0.1, -0.05) is 18.2 Å². The molecule has 1 aromatic heterocycles. The molecule has 1 saturated heterocycles. The molecule has 1 aliphatic heterocycles. The quantitative estimate of drug-likeness (QED) is 0.752. The number of benzene rings is 1. The first-order valence-corrected chi connectivity index (χ1v) is 7.85. The van der Waals surface area contributed by atoms with Crippen molar-refractivity contribution in [3.05, 3.63) is 57.3 Å². The molecule has 1 amide bonds. The molecule has 0 bridgehead atoms. The lowest BCUT2D eigenvalue weighted by molar-refractivity contribution is 0.0159. The number of aryl methyl sites for hydroxylation is 1.